The molecule has 0 spiro atoms. The maximum absolute atomic E-state index is 10.9. The van der Waals surface area contributed by atoms with Gasteiger partial charge in [0.2, 0.25) is 0 Å². The van der Waals surface area contributed by atoms with Gasteiger partial charge in [-0.3, -0.25) is 0 Å². The summed E-state index contributed by atoms with van der Waals surface area (Å²) in [6, 6.07) is 9.93. The Morgan fingerprint density at radius 1 is 0.692 bits per heavy atom. The predicted octanol–water partition coefficient (Wildman–Crippen LogP) is 5.91. The van der Waals surface area contributed by atoms with Gasteiger partial charge >= 0.3 is 0 Å². The molecule has 2 aromatic carbocycles. The number of hydrogen-bond donors (Lipinski definition) is 2. The number of benzene rings is 2. The molecule has 0 heterocycles. The van der Waals surface area contributed by atoms with E-state index in [0.717, 1.165) is 16.7 Å². The molecule has 0 saturated carbocycles. The van der Waals surface area contributed by atoms with Crippen LogP contribution in [0.5, 0.6) is 11.5 Å². The Balaban J connectivity index is 2.78. The van der Waals surface area contributed by atoms with E-state index in [2.05, 4.69) is 73.3 Å². The van der Waals surface area contributed by atoms with E-state index in [1.54, 1.807) is 0 Å². The molecule has 2 N–H and O–H groups in total. The summed E-state index contributed by atoms with van der Waals surface area (Å²) in [7, 11) is -1.75. The Hall–Kier alpha value is -1.74. The van der Waals surface area contributed by atoms with Crippen molar-refractivity contribution < 1.29 is 10.2 Å². The Kier molecular flexibility index (Phi) is 5.10. The molecule has 0 aliphatic heterocycles. The lowest BCUT2D eigenvalue weighted by molar-refractivity contribution is 0.465. The fourth-order valence-electron chi connectivity index (χ4n) is 3.14. The first-order valence-corrected chi connectivity index (χ1v) is 12.8. The van der Waals surface area contributed by atoms with Gasteiger partial charge in [-0.25, -0.2) is 0 Å². The van der Waals surface area contributed by atoms with Crippen LogP contribution in [0.1, 0.15) is 52.7 Å². The number of aromatic hydroxyl groups is 2. The van der Waals surface area contributed by atoms with E-state index in [4.69, 9.17) is 0 Å². The van der Waals surface area contributed by atoms with Crippen LogP contribution in [-0.2, 0) is 10.8 Å². The monoisotopic (exact) mass is 370 g/mol. The molecular weight excluding hydrogens is 336 g/mol. The molecule has 142 valence electrons. The maximum Gasteiger partial charge on any atom is 0.123 e. The van der Waals surface area contributed by atoms with Crippen LogP contribution >= 0.6 is 0 Å². The molecule has 0 saturated heterocycles. The van der Waals surface area contributed by atoms with Gasteiger partial charge in [0.1, 0.15) is 11.5 Å². The molecule has 0 radical (unpaired) electrons. The van der Waals surface area contributed by atoms with Crippen molar-refractivity contribution in [3.05, 3.63) is 41.5 Å². The third kappa shape index (κ3) is 4.15. The zero-order valence-corrected chi connectivity index (χ0v) is 18.8. The molecule has 0 unspecified atom stereocenters. The highest BCUT2D eigenvalue weighted by Crippen LogP contribution is 2.39. The molecule has 0 aliphatic carbocycles. The van der Waals surface area contributed by atoms with E-state index in [9.17, 15) is 10.2 Å². The van der Waals surface area contributed by atoms with Gasteiger partial charge in [0, 0.05) is 11.1 Å². The zero-order chi connectivity index (χ0) is 20.1. The van der Waals surface area contributed by atoms with Crippen molar-refractivity contribution in [2.24, 2.45) is 0 Å². The minimum Gasteiger partial charge on any atom is -0.507 e. The minimum atomic E-state index is -1.75. The molecule has 0 bridgehead atoms. The van der Waals surface area contributed by atoms with Crippen LogP contribution in [0.15, 0.2) is 30.3 Å². The van der Waals surface area contributed by atoms with Gasteiger partial charge in [-0.1, -0.05) is 79.4 Å². The summed E-state index contributed by atoms with van der Waals surface area (Å²) >= 11 is 0. The summed E-state index contributed by atoms with van der Waals surface area (Å²) < 4.78 is 0. The molecule has 2 nitrogen and oxygen atoms in total. The Bertz CT molecular complexity index is 816. The molecule has 0 aromatic heterocycles. The van der Waals surface area contributed by atoms with Crippen molar-refractivity contribution in [2.45, 2.75) is 72.0 Å². The minimum absolute atomic E-state index is 0.0320. The predicted molar refractivity (Wildman–Crippen MR) is 116 cm³/mol. The number of phenols is 2. The highest BCUT2D eigenvalue weighted by molar-refractivity contribution is 6.89. The van der Waals surface area contributed by atoms with Crippen LogP contribution in [0.2, 0.25) is 19.6 Å². The molecule has 2 aromatic rings. The van der Waals surface area contributed by atoms with E-state index >= 15 is 0 Å². The third-order valence-corrected chi connectivity index (χ3v) is 6.94. The summed E-state index contributed by atoms with van der Waals surface area (Å²) in [6.07, 6.45) is 0. The van der Waals surface area contributed by atoms with Crippen LogP contribution in [-0.4, -0.2) is 18.3 Å². The Morgan fingerprint density at radius 3 is 1.62 bits per heavy atom. The first-order chi connectivity index (χ1) is 11.6. The fourth-order valence-corrected chi connectivity index (χ4v) is 4.75. The van der Waals surface area contributed by atoms with E-state index in [0.29, 0.717) is 5.56 Å². The Labute approximate surface area is 159 Å². The van der Waals surface area contributed by atoms with Gasteiger partial charge in [-0.05, 0) is 39.3 Å². The van der Waals surface area contributed by atoms with Gasteiger partial charge in [0.25, 0.3) is 0 Å². The summed E-state index contributed by atoms with van der Waals surface area (Å²) in [6.45, 7) is 19.7. The lowest BCUT2D eigenvalue weighted by Gasteiger charge is -2.28. The number of rotatable bonds is 2. The molecule has 0 fully saturated rings. The number of phenolic OH excluding ortho intramolecular Hbond substituents is 2. The Morgan fingerprint density at radius 2 is 1.19 bits per heavy atom. The molecule has 0 atom stereocenters. The second-order valence-electron chi connectivity index (χ2n) is 10.4. The smallest absolute Gasteiger partial charge is 0.123 e. The average molecular weight is 371 g/mol. The second kappa shape index (κ2) is 6.45. The van der Waals surface area contributed by atoms with Gasteiger partial charge in [-0.2, -0.15) is 0 Å². The molecular formula is C23H34O2Si. The maximum atomic E-state index is 10.9. The van der Waals surface area contributed by atoms with Crippen molar-refractivity contribution in [3.8, 4) is 22.6 Å². The molecule has 0 amide bonds. The van der Waals surface area contributed by atoms with Crippen molar-refractivity contribution >= 4 is 13.3 Å². The molecule has 26 heavy (non-hydrogen) atoms. The van der Waals surface area contributed by atoms with Crippen LogP contribution in [0, 0.1) is 0 Å². The van der Waals surface area contributed by atoms with Gasteiger partial charge < -0.3 is 10.2 Å². The van der Waals surface area contributed by atoms with Crippen molar-refractivity contribution in [3.63, 3.8) is 0 Å². The average Bonchev–Trinajstić information content (AvgIpc) is 2.44. The van der Waals surface area contributed by atoms with Crippen LogP contribution in [0.3, 0.4) is 0 Å². The van der Waals surface area contributed by atoms with Crippen molar-refractivity contribution in [1.82, 2.24) is 0 Å². The topological polar surface area (TPSA) is 40.5 Å². The normalized spacial score (nSPS) is 13.1. The SMILES string of the molecule is CC(C)(C)c1ccc(-c2c(O)cc(C(C)(C)C)cc2[Si](C)(C)C)c(O)c1. The van der Waals surface area contributed by atoms with E-state index in [-0.39, 0.29) is 22.3 Å². The molecule has 0 aliphatic rings. The summed E-state index contributed by atoms with van der Waals surface area (Å²) in [4.78, 5) is 0. The van der Waals surface area contributed by atoms with Gasteiger partial charge in [0.05, 0.1) is 8.07 Å². The third-order valence-electron chi connectivity index (χ3n) is 4.92. The first-order valence-electron chi connectivity index (χ1n) is 9.34. The highest BCUT2D eigenvalue weighted by Gasteiger charge is 2.28. The summed E-state index contributed by atoms with van der Waals surface area (Å²) in [5.41, 5.74) is 3.64. The summed E-state index contributed by atoms with van der Waals surface area (Å²) in [5.74, 6) is 0.490. The van der Waals surface area contributed by atoms with Crippen LogP contribution in [0.25, 0.3) is 11.1 Å². The van der Waals surface area contributed by atoms with E-state index in [1.165, 1.54) is 5.19 Å². The number of hydrogen-bond acceptors (Lipinski definition) is 2. The van der Waals surface area contributed by atoms with Crippen molar-refractivity contribution in [1.29, 1.82) is 0 Å². The van der Waals surface area contributed by atoms with Gasteiger partial charge in [0.15, 0.2) is 0 Å². The fraction of sp³-hybridized carbons (Fsp3) is 0.478. The largest absolute Gasteiger partial charge is 0.507 e. The van der Waals surface area contributed by atoms with E-state index in [1.807, 2.05) is 18.2 Å². The van der Waals surface area contributed by atoms with Crippen molar-refractivity contribution in [2.75, 3.05) is 0 Å². The van der Waals surface area contributed by atoms with Crippen LogP contribution in [0.4, 0.5) is 0 Å². The molecule has 3 heteroatoms. The standard InChI is InChI=1S/C23H34O2Si/c1-22(2,3)15-10-11-17(18(24)12-15)21-19(25)13-16(23(4,5)6)14-20(21)26(7,8)9/h10-14,24-25H,1-9H3. The summed E-state index contributed by atoms with van der Waals surface area (Å²) in [5, 5.41) is 22.9. The van der Waals surface area contributed by atoms with Gasteiger partial charge in [-0.15, -0.1) is 0 Å². The lowest BCUT2D eigenvalue weighted by Crippen LogP contribution is -2.40. The van der Waals surface area contributed by atoms with E-state index < -0.39 is 8.07 Å². The quantitative estimate of drug-likeness (QED) is 0.646. The molecule has 2 rings (SSSR count). The second-order valence-corrected chi connectivity index (χ2v) is 15.4. The van der Waals surface area contributed by atoms with Crippen LogP contribution < -0.4 is 5.19 Å². The first kappa shape index (κ1) is 20.6. The highest BCUT2D eigenvalue weighted by atomic mass is 28.3. The lowest BCUT2D eigenvalue weighted by atomic mass is 9.84. The zero-order valence-electron chi connectivity index (χ0n) is 17.8.